The highest BCUT2D eigenvalue weighted by atomic mass is 35.5. The minimum atomic E-state index is 0.0739. The van der Waals surface area contributed by atoms with Gasteiger partial charge in [0.25, 0.3) is 0 Å². The van der Waals surface area contributed by atoms with E-state index in [0.717, 1.165) is 17.7 Å². The Hall–Kier alpha value is -0.930. The van der Waals surface area contributed by atoms with Crippen molar-refractivity contribution in [3.8, 4) is 11.5 Å². The molecule has 15 heavy (non-hydrogen) atoms. The maximum atomic E-state index is 5.98. The Morgan fingerprint density at radius 3 is 2.33 bits per heavy atom. The molecule has 1 atom stereocenters. The van der Waals surface area contributed by atoms with Crippen molar-refractivity contribution in [3.63, 3.8) is 0 Å². The second kappa shape index (κ2) is 5.24. The predicted molar refractivity (Wildman–Crippen MR) is 61.9 cm³/mol. The molecule has 1 rings (SSSR count). The lowest BCUT2D eigenvalue weighted by Crippen LogP contribution is -2.18. The Morgan fingerprint density at radius 2 is 1.87 bits per heavy atom. The maximum Gasteiger partial charge on any atom is 0.137 e. The quantitative estimate of drug-likeness (QED) is 0.863. The van der Waals surface area contributed by atoms with Gasteiger partial charge in [-0.2, -0.15) is 0 Å². The van der Waals surface area contributed by atoms with Crippen molar-refractivity contribution in [2.75, 3.05) is 14.2 Å². The first-order valence-corrected chi connectivity index (χ1v) is 5.12. The van der Waals surface area contributed by atoms with E-state index in [1.54, 1.807) is 20.3 Å². The highest BCUT2D eigenvalue weighted by molar-refractivity contribution is 6.32. The molecule has 1 unspecified atom stereocenters. The van der Waals surface area contributed by atoms with E-state index in [4.69, 9.17) is 26.8 Å². The van der Waals surface area contributed by atoms with Gasteiger partial charge >= 0.3 is 0 Å². The molecule has 84 valence electrons. The number of ether oxygens (including phenoxy) is 2. The highest BCUT2D eigenvalue weighted by Crippen LogP contribution is 2.32. The average molecular weight is 231 g/mol. The molecule has 0 aliphatic heterocycles. The summed E-state index contributed by atoms with van der Waals surface area (Å²) in [5.41, 5.74) is 6.76. The van der Waals surface area contributed by atoms with Crippen molar-refractivity contribution in [3.05, 3.63) is 22.7 Å². The first kappa shape index (κ1) is 12.1. The largest absolute Gasteiger partial charge is 0.496 e. The maximum absolute atomic E-state index is 5.98. The molecule has 0 spiro atoms. The van der Waals surface area contributed by atoms with E-state index in [9.17, 15) is 0 Å². The Balaban J connectivity index is 3.10. The van der Waals surface area contributed by atoms with Gasteiger partial charge in [-0.25, -0.2) is 0 Å². The monoisotopic (exact) mass is 230 g/mol. The second-order valence-electron chi connectivity index (χ2n) is 3.48. The van der Waals surface area contributed by atoms with Crippen molar-refractivity contribution >= 4 is 11.6 Å². The average Bonchev–Trinajstić information content (AvgIpc) is 2.19. The molecule has 1 aromatic rings. The van der Waals surface area contributed by atoms with Gasteiger partial charge in [0, 0.05) is 12.1 Å². The molecule has 0 amide bonds. The molecule has 0 aliphatic rings. The normalized spacial score (nSPS) is 12.3. The molecule has 0 saturated heterocycles. The molecule has 0 bridgehead atoms. The van der Waals surface area contributed by atoms with Gasteiger partial charge in [-0.05, 0) is 25.0 Å². The zero-order chi connectivity index (χ0) is 11.4. The van der Waals surface area contributed by atoms with Crippen LogP contribution in [0.5, 0.6) is 11.5 Å². The Bertz CT molecular complexity index is 340. The van der Waals surface area contributed by atoms with E-state index >= 15 is 0 Å². The summed E-state index contributed by atoms with van der Waals surface area (Å²) in [4.78, 5) is 0. The molecular formula is C11H16ClNO2. The number of halogens is 1. The number of hydrogen-bond donors (Lipinski definition) is 1. The molecule has 3 nitrogen and oxygen atoms in total. The summed E-state index contributed by atoms with van der Waals surface area (Å²) in [5.74, 6) is 1.39. The Kier molecular flexibility index (Phi) is 4.24. The van der Waals surface area contributed by atoms with Crippen LogP contribution in [0.1, 0.15) is 12.5 Å². The summed E-state index contributed by atoms with van der Waals surface area (Å²) in [6.45, 7) is 1.94. The fourth-order valence-corrected chi connectivity index (χ4v) is 1.66. The van der Waals surface area contributed by atoms with Crippen LogP contribution in [-0.2, 0) is 6.42 Å². The number of benzene rings is 1. The van der Waals surface area contributed by atoms with Crippen molar-refractivity contribution in [2.45, 2.75) is 19.4 Å². The minimum Gasteiger partial charge on any atom is -0.496 e. The van der Waals surface area contributed by atoms with Gasteiger partial charge in [-0.1, -0.05) is 11.6 Å². The molecule has 4 heteroatoms. The summed E-state index contributed by atoms with van der Waals surface area (Å²) < 4.78 is 10.4. The van der Waals surface area contributed by atoms with Gasteiger partial charge in [0.15, 0.2) is 0 Å². The van der Waals surface area contributed by atoms with Gasteiger partial charge in [0.1, 0.15) is 11.5 Å². The van der Waals surface area contributed by atoms with Crippen LogP contribution in [0.15, 0.2) is 12.1 Å². The van der Waals surface area contributed by atoms with E-state index in [1.165, 1.54) is 0 Å². The minimum absolute atomic E-state index is 0.0739. The molecule has 1 aromatic carbocycles. The molecule has 0 aromatic heterocycles. The number of methoxy groups -OCH3 is 2. The van der Waals surface area contributed by atoms with Crippen molar-refractivity contribution in [2.24, 2.45) is 5.73 Å². The zero-order valence-corrected chi connectivity index (χ0v) is 9.97. The van der Waals surface area contributed by atoms with Gasteiger partial charge in [-0.3, -0.25) is 0 Å². The lowest BCUT2D eigenvalue weighted by Gasteiger charge is -2.13. The number of nitrogens with two attached hydrogens (primary N) is 1. The van der Waals surface area contributed by atoms with Crippen LogP contribution >= 0.6 is 11.6 Å². The molecule has 0 radical (unpaired) electrons. The van der Waals surface area contributed by atoms with E-state index in [1.807, 2.05) is 13.0 Å². The topological polar surface area (TPSA) is 44.5 Å². The van der Waals surface area contributed by atoms with Crippen LogP contribution in [-0.4, -0.2) is 20.3 Å². The SMILES string of the molecule is COc1cc(Cl)c(OC)[13cH]c1CC(C)N. The number of rotatable bonds is 4. The van der Waals surface area contributed by atoms with E-state index in [0.29, 0.717) is 10.8 Å². The standard InChI is InChI=1S/C11H16ClNO2/c1-7(13)4-8-5-11(15-3)9(12)6-10(8)14-2/h5-7H,4,13H2,1-3H3/i5+1. The highest BCUT2D eigenvalue weighted by Gasteiger charge is 2.10. The molecule has 2 N–H and O–H groups in total. The lowest BCUT2D eigenvalue weighted by atomic mass is 10.1. The fourth-order valence-electron chi connectivity index (χ4n) is 1.43. The van der Waals surface area contributed by atoms with Crippen molar-refractivity contribution in [1.29, 1.82) is 0 Å². The Morgan fingerprint density at radius 1 is 1.27 bits per heavy atom. The van der Waals surface area contributed by atoms with Gasteiger partial charge in [0.05, 0.1) is 19.2 Å². The third-order valence-electron chi connectivity index (χ3n) is 2.10. The molecular weight excluding hydrogens is 215 g/mol. The van der Waals surface area contributed by atoms with Crippen LogP contribution in [0.3, 0.4) is 0 Å². The van der Waals surface area contributed by atoms with Gasteiger partial charge in [-0.15, -0.1) is 0 Å². The first-order valence-electron chi connectivity index (χ1n) is 4.74. The van der Waals surface area contributed by atoms with Crippen molar-refractivity contribution in [1.82, 2.24) is 0 Å². The van der Waals surface area contributed by atoms with Gasteiger partial charge < -0.3 is 15.2 Å². The van der Waals surface area contributed by atoms with Crippen LogP contribution in [0, 0.1) is 0 Å². The van der Waals surface area contributed by atoms with E-state index in [2.05, 4.69) is 0 Å². The second-order valence-corrected chi connectivity index (χ2v) is 3.89. The first-order chi connectivity index (χ1) is 7.08. The van der Waals surface area contributed by atoms with E-state index < -0.39 is 0 Å². The lowest BCUT2D eigenvalue weighted by molar-refractivity contribution is 0.398. The van der Waals surface area contributed by atoms with Crippen LogP contribution in [0.4, 0.5) is 0 Å². The molecule has 0 saturated carbocycles. The summed E-state index contributed by atoms with van der Waals surface area (Å²) in [6.07, 6.45) is 0.733. The summed E-state index contributed by atoms with van der Waals surface area (Å²) in [5, 5.41) is 0.544. The molecule has 0 heterocycles. The Labute approximate surface area is 95.1 Å². The van der Waals surface area contributed by atoms with Crippen LogP contribution in [0.25, 0.3) is 0 Å². The van der Waals surface area contributed by atoms with E-state index in [-0.39, 0.29) is 6.04 Å². The van der Waals surface area contributed by atoms with Gasteiger partial charge in [0.2, 0.25) is 0 Å². The van der Waals surface area contributed by atoms with Crippen LogP contribution < -0.4 is 15.2 Å². The molecule has 0 aliphatic carbocycles. The number of hydrogen-bond acceptors (Lipinski definition) is 3. The van der Waals surface area contributed by atoms with Crippen molar-refractivity contribution < 1.29 is 9.47 Å². The fraction of sp³-hybridized carbons (Fsp3) is 0.455. The third-order valence-corrected chi connectivity index (χ3v) is 2.39. The third kappa shape index (κ3) is 3.01. The zero-order valence-electron chi connectivity index (χ0n) is 9.21. The smallest absolute Gasteiger partial charge is 0.137 e. The summed E-state index contributed by atoms with van der Waals surface area (Å²) in [7, 11) is 3.20. The summed E-state index contributed by atoms with van der Waals surface area (Å²) >= 11 is 5.98. The predicted octanol–water partition coefficient (Wildman–Crippen LogP) is 2.25. The summed E-state index contributed by atoms with van der Waals surface area (Å²) in [6, 6.07) is 3.69. The molecule has 0 fully saturated rings. The van der Waals surface area contributed by atoms with Crippen LogP contribution in [0.2, 0.25) is 5.02 Å².